The predicted molar refractivity (Wildman–Crippen MR) is 195 cm³/mol. The fourth-order valence-corrected chi connectivity index (χ4v) is 7.81. The van der Waals surface area contributed by atoms with Gasteiger partial charge in [-0.3, -0.25) is 13.9 Å². The highest BCUT2D eigenvalue weighted by molar-refractivity contribution is 7.92. The molecule has 2 amide bonds. The summed E-state index contributed by atoms with van der Waals surface area (Å²) in [5.74, 6) is -0.278. The van der Waals surface area contributed by atoms with Gasteiger partial charge in [0.1, 0.15) is 18.3 Å². The van der Waals surface area contributed by atoms with Gasteiger partial charge in [0, 0.05) is 19.0 Å². The minimum atomic E-state index is -4.21. The summed E-state index contributed by atoms with van der Waals surface area (Å²) in [6.45, 7) is 1.74. The van der Waals surface area contributed by atoms with Gasteiger partial charge in [-0.05, 0) is 79.4 Å². The lowest BCUT2D eigenvalue weighted by atomic mass is 9.94. The number of carbonyl (C=O) groups excluding carboxylic acids is 2. The van der Waals surface area contributed by atoms with Crippen LogP contribution >= 0.6 is 23.2 Å². The highest BCUT2D eigenvalue weighted by atomic mass is 35.5. The number of nitrogens with one attached hydrogen (secondary N) is 1. The van der Waals surface area contributed by atoms with Crippen LogP contribution in [0.15, 0.2) is 108 Å². The molecule has 5 rings (SSSR count). The Balaban J connectivity index is 1.57. The van der Waals surface area contributed by atoms with Crippen molar-refractivity contribution in [2.45, 2.75) is 69.0 Å². The van der Waals surface area contributed by atoms with E-state index in [-0.39, 0.29) is 35.5 Å². The Kier molecular flexibility index (Phi) is 12.6. The van der Waals surface area contributed by atoms with Gasteiger partial charge in [-0.25, -0.2) is 8.42 Å². The van der Waals surface area contributed by atoms with Gasteiger partial charge in [-0.2, -0.15) is 0 Å². The number of nitrogens with zero attached hydrogens (tertiary/aromatic N) is 2. The number of sulfonamides is 1. The summed E-state index contributed by atoms with van der Waals surface area (Å²) in [6, 6.07) is 28.1. The van der Waals surface area contributed by atoms with Crippen LogP contribution < -0.4 is 14.4 Å². The number of benzene rings is 4. The number of rotatable bonds is 14. The van der Waals surface area contributed by atoms with E-state index in [1.807, 2.05) is 37.3 Å². The predicted octanol–water partition coefficient (Wildman–Crippen LogP) is 7.68. The van der Waals surface area contributed by atoms with Crippen molar-refractivity contribution in [3.8, 4) is 5.75 Å². The number of amides is 2. The summed E-state index contributed by atoms with van der Waals surface area (Å²) in [6.07, 6.45) is 5.12. The lowest BCUT2D eigenvalue weighted by Gasteiger charge is -2.35. The summed E-state index contributed by atoms with van der Waals surface area (Å²) in [5, 5.41) is 3.88. The molecule has 1 aliphatic carbocycles. The number of anilines is 1. The number of hydrogen-bond acceptors (Lipinski definition) is 5. The molecule has 1 N–H and O–H groups in total. The van der Waals surface area contributed by atoms with E-state index < -0.39 is 28.5 Å². The van der Waals surface area contributed by atoms with Crippen molar-refractivity contribution >= 4 is 50.7 Å². The average molecular weight is 723 g/mol. The van der Waals surface area contributed by atoms with E-state index in [0.29, 0.717) is 28.0 Å². The van der Waals surface area contributed by atoms with Gasteiger partial charge in [0.15, 0.2) is 0 Å². The lowest BCUT2D eigenvalue weighted by molar-refractivity contribution is -0.140. The molecular formula is C38H41Cl2N3O5S. The van der Waals surface area contributed by atoms with Crippen LogP contribution in [0, 0.1) is 0 Å². The molecule has 258 valence electrons. The van der Waals surface area contributed by atoms with Crippen molar-refractivity contribution < 1.29 is 22.7 Å². The van der Waals surface area contributed by atoms with Gasteiger partial charge < -0.3 is 15.0 Å². The quantitative estimate of drug-likeness (QED) is 0.144. The molecular weight excluding hydrogens is 681 g/mol. The van der Waals surface area contributed by atoms with Crippen molar-refractivity contribution in [2.24, 2.45) is 0 Å². The molecule has 0 bridgehead atoms. The van der Waals surface area contributed by atoms with Crippen molar-refractivity contribution in [1.82, 2.24) is 10.2 Å². The van der Waals surface area contributed by atoms with E-state index in [0.717, 1.165) is 42.0 Å². The van der Waals surface area contributed by atoms with Crippen molar-refractivity contribution in [3.05, 3.63) is 124 Å². The van der Waals surface area contributed by atoms with Gasteiger partial charge in [-0.1, -0.05) is 97.1 Å². The van der Waals surface area contributed by atoms with Gasteiger partial charge >= 0.3 is 0 Å². The fourth-order valence-electron chi connectivity index (χ4n) is 6.06. The summed E-state index contributed by atoms with van der Waals surface area (Å²) in [5.41, 5.74) is 1.78. The highest BCUT2D eigenvalue weighted by Gasteiger charge is 2.35. The molecule has 0 radical (unpaired) electrons. The third-order valence-corrected chi connectivity index (χ3v) is 11.1. The smallest absolute Gasteiger partial charge is 0.264 e. The second-order valence-electron chi connectivity index (χ2n) is 12.1. The van der Waals surface area contributed by atoms with Crippen LogP contribution in [0.25, 0.3) is 0 Å². The monoisotopic (exact) mass is 721 g/mol. The van der Waals surface area contributed by atoms with Gasteiger partial charge in [0.05, 0.1) is 27.2 Å². The molecule has 11 heteroatoms. The molecule has 1 saturated carbocycles. The molecule has 1 aliphatic rings. The molecule has 4 aromatic rings. The molecule has 0 spiro atoms. The molecule has 8 nitrogen and oxygen atoms in total. The van der Waals surface area contributed by atoms with Crippen LogP contribution in [0.2, 0.25) is 10.0 Å². The topological polar surface area (TPSA) is 96.0 Å². The second-order valence-corrected chi connectivity index (χ2v) is 14.7. The third-order valence-electron chi connectivity index (χ3n) is 8.61. The number of hydrogen-bond donors (Lipinski definition) is 1. The maximum Gasteiger partial charge on any atom is 0.264 e. The van der Waals surface area contributed by atoms with E-state index in [4.69, 9.17) is 27.9 Å². The molecule has 1 atom stereocenters. The molecule has 0 aromatic heterocycles. The zero-order valence-electron chi connectivity index (χ0n) is 27.4. The van der Waals surface area contributed by atoms with Gasteiger partial charge in [-0.15, -0.1) is 0 Å². The maximum atomic E-state index is 14.7. The van der Waals surface area contributed by atoms with Crippen LogP contribution in [-0.2, 0) is 32.6 Å². The first-order valence-electron chi connectivity index (χ1n) is 16.5. The Morgan fingerprint density at radius 3 is 2.12 bits per heavy atom. The lowest BCUT2D eigenvalue weighted by Crippen LogP contribution is -2.55. The van der Waals surface area contributed by atoms with Crippen LogP contribution in [-0.4, -0.2) is 50.4 Å². The fraction of sp³-hybridized carbons (Fsp3) is 0.316. The first kappa shape index (κ1) is 36.2. The Hall–Kier alpha value is -4.05. The van der Waals surface area contributed by atoms with Crippen LogP contribution in [0.5, 0.6) is 5.75 Å². The standard InChI is InChI=1S/C38H41Cl2N3O5S/c1-2-48-32-21-19-31(20-22-32)43(49(46,47)33-16-10-5-11-17-33)27-37(44)42(26-29-18-23-34(39)35(40)24-29)36(25-28-12-6-3-7-13-28)38(45)41-30-14-8-4-9-15-30/h3,5-7,10-13,16-24,30,36H,2,4,8-9,14-15,25-27H2,1H3,(H,41,45)/t36-/m1/s1. The normalized spacial score (nSPS) is 14.1. The van der Waals surface area contributed by atoms with E-state index >= 15 is 0 Å². The summed E-state index contributed by atoms with van der Waals surface area (Å²) in [4.78, 5) is 30.5. The molecule has 0 heterocycles. The number of halogens is 2. The maximum absolute atomic E-state index is 14.7. The Bertz CT molecular complexity index is 1800. The summed E-state index contributed by atoms with van der Waals surface area (Å²) >= 11 is 12.6. The Morgan fingerprint density at radius 2 is 1.49 bits per heavy atom. The number of ether oxygens (including phenoxy) is 1. The van der Waals surface area contributed by atoms with E-state index in [2.05, 4.69) is 5.32 Å². The van der Waals surface area contributed by atoms with Gasteiger partial charge in [0.25, 0.3) is 10.0 Å². The zero-order chi connectivity index (χ0) is 34.8. The first-order valence-corrected chi connectivity index (χ1v) is 18.7. The molecule has 0 saturated heterocycles. The SMILES string of the molecule is CCOc1ccc(N(CC(=O)N(Cc2ccc(Cl)c(Cl)c2)[C@H](Cc2ccccc2)C(=O)NC2CCCCC2)S(=O)(=O)c2ccccc2)cc1. The molecule has 0 unspecified atom stereocenters. The third kappa shape index (κ3) is 9.56. The van der Waals surface area contributed by atoms with E-state index in [1.165, 1.54) is 17.0 Å². The van der Waals surface area contributed by atoms with Crippen LogP contribution in [0.1, 0.15) is 50.2 Å². The molecule has 0 aliphatic heterocycles. The van der Waals surface area contributed by atoms with Crippen molar-refractivity contribution in [2.75, 3.05) is 17.5 Å². The molecule has 1 fully saturated rings. The summed E-state index contributed by atoms with van der Waals surface area (Å²) < 4.78 is 35.1. The minimum absolute atomic E-state index is 0.000243. The molecule has 49 heavy (non-hydrogen) atoms. The van der Waals surface area contributed by atoms with Crippen molar-refractivity contribution in [3.63, 3.8) is 0 Å². The first-order chi connectivity index (χ1) is 23.7. The van der Waals surface area contributed by atoms with Crippen molar-refractivity contribution in [1.29, 1.82) is 0 Å². The summed E-state index contributed by atoms with van der Waals surface area (Å²) in [7, 11) is -4.21. The molecule has 4 aromatic carbocycles. The van der Waals surface area contributed by atoms with Crippen LogP contribution in [0.4, 0.5) is 5.69 Å². The Morgan fingerprint density at radius 1 is 0.837 bits per heavy atom. The minimum Gasteiger partial charge on any atom is -0.494 e. The zero-order valence-corrected chi connectivity index (χ0v) is 29.8. The van der Waals surface area contributed by atoms with Crippen LogP contribution in [0.3, 0.4) is 0 Å². The second kappa shape index (κ2) is 17.1. The average Bonchev–Trinajstić information content (AvgIpc) is 3.12. The number of carbonyl (C=O) groups is 2. The van der Waals surface area contributed by atoms with E-state index in [1.54, 1.807) is 60.7 Å². The highest BCUT2D eigenvalue weighted by Crippen LogP contribution is 2.28. The largest absolute Gasteiger partial charge is 0.494 e. The Labute approximate surface area is 299 Å². The van der Waals surface area contributed by atoms with E-state index in [9.17, 15) is 18.0 Å². The van der Waals surface area contributed by atoms with Gasteiger partial charge in [0.2, 0.25) is 11.8 Å².